The Morgan fingerprint density at radius 1 is 0.857 bits per heavy atom. The molecule has 1 aromatic rings. The third-order valence-electron chi connectivity index (χ3n) is 7.72. The van der Waals surface area contributed by atoms with Gasteiger partial charge in [-0.2, -0.15) is 0 Å². The number of unbranched alkanes of at least 4 members (excludes halogenated alkanes) is 2. The van der Waals surface area contributed by atoms with Gasteiger partial charge in [0.05, 0.1) is 13.2 Å². The Morgan fingerprint density at radius 3 is 1.96 bits per heavy atom. The van der Waals surface area contributed by atoms with Crippen molar-refractivity contribution in [3.63, 3.8) is 0 Å². The van der Waals surface area contributed by atoms with Crippen molar-refractivity contribution in [2.45, 2.75) is 96.5 Å². The van der Waals surface area contributed by atoms with Crippen molar-refractivity contribution in [3.8, 4) is 5.75 Å². The van der Waals surface area contributed by atoms with Crippen molar-refractivity contribution in [1.82, 2.24) is 0 Å². The van der Waals surface area contributed by atoms with Gasteiger partial charge in [-0.1, -0.05) is 70.4 Å². The lowest BCUT2D eigenvalue weighted by Crippen LogP contribution is -2.26. The summed E-state index contributed by atoms with van der Waals surface area (Å²) in [5, 5.41) is 10.6. The Bertz CT molecular complexity index is 536. The first-order valence-corrected chi connectivity index (χ1v) is 12.0. The van der Waals surface area contributed by atoms with E-state index in [0.717, 1.165) is 35.5 Å². The predicted octanol–water partition coefficient (Wildman–Crippen LogP) is 7.31. The zero-order valence-corrected chi connectivity index (χ0v) is 18.2. The van der Waals surface area contributed by atoms with Gasteiger partial charge in [0.15, 0.2) is 0 Å². The van der Waals surface area contributed by atoms with E-state index in [2.05, 4.69) is 6.92 Å². The van der Waals surface area contributed by atoms with Crippen LogP contribution in [0.15, 0.2) is 24.3 Å². The summed E-state index contributed by atoms with van der Waals surface area (Å²) in [4.78, 5) is 0. The minimum absolute atomic E-state index is 0.328. The third-order valence-corrected chi connectivity index (χ3v) is 7.72. The van der Waals surface area contributed by atoms with Crippen LogP contribution in [0.2, 0.25) is 0 Å². The maximum Gasteiger partial charge on any atom is 0.118 e. The van der Waals surface area contributed by atoms with Crippen molar-refractivity contribution in [3.05, 3.63) is 29.8 Å². The molecule has 0 aliphatic heterocycles. The molecular formula is C26H42O2. The normalized spacial score (nSPS) is 29.4. The van der Waals surface area contributed by atoms with Gasteiger partial charge in [0, 0.05) is 0 Å². The summed E-state index contributed by atoms with van der Waals surface area (Å²) >= 11 is 0. The van der Waals surface area contributed by atoms with Crippen LogP contribution in [0.4, 0.5) is 0 Å². The second kappa shape index (κ2) is 11.2. The van der Waals surface area contributed by atoms with E-state index >= 15 is 0 Å². The van der Waals surface area contributed by atoms with Crippen LogP contribution in [0.1, 0.15) is 102 Å². The maximum absolute atomic E-state index is 10.6. The van der Waals surface area contributed by atoms with Gasteiger partial charge in [-0.05, 0) is 73.5 Å². The van der Waals surface area contributed by atoms with E-state index in [1.165, 1.54) is 77.0 Å². The number of hydrogen-bond donors (Lipinski definition) is 1. The number of benzene rings is 1. The van der Waals surface area contributed by atoms with E-state index in [4.69, 9.17) is 4.74 Å². The number of aliphatic hydroxyl groups excluding tert-OH is 1. The highest BCUT2D eigenvalue weighted by Gasteiger charge is 2.31. The molecule has 0 spiro atoms. The summed E-state index contributed by atoms with van der Waals surface area (Å²) in [6.45, 7) is 2.31. The second-order valence-electron chi connectivity index (χ2n) is 9.58. The summed E-state index contributed by atoms with van der Waals surface area (Å²) in [7, 11) is 1.68. The molecule has 2 fully saturated rings. The first kappa shape index (κ1) is 21.7. The number of aliphatic hydroxyl groups is 1. The SMILES string of the molecule is CCCCCC1CCC(C2CCC(CC(O)c3ccc(OC)cc3)CC2)CC1. The molecule has 0 heterocycles. The predicted molar refractivity (Wildman–Crippen MR) is 118 cm³/mol. The van der Waals surface area contributed by atoms with Gasteiger partial charge in [-0.15, -0.1) is 0 Å². The largest absolute Gasteiger partial charge is 0.497 e. The fraction of sp³-hybridized carbons (Fsp3) is 0.769. The van der Waals surface area contributed by atoms with E-state index in [1.54, 1.807) is 7.11 Å². The Labute approximate surface area is 173 Å². The van der Waals surface area contributed by atoms with Gasteiger partial charge in [0.1, 0.15) is 5.75 Å². The summed E-state index contributed by atoms with van der Waals surface area (Å²) in [5.41, 5.74) is 1.03. The molecule has 0 radical (unpaired) electrons. The van der Waals surface area contributed by atoms with Crippen LogP contribution in [0.3, 0.4) is 0 Å². The topological polar surface area (TPSA) is 29.5 Å². The Hall–Kier alpha value is -1.02. The Morgan fingerprint density at radius 2 is 1.43 bits per heavy atom. The van der Waals surface area contributed by atoms with Crippen LogP contribution < -0.4 is 4.74 Å². The summed E-state index contributed by atoms with van der Waals surface area (Å²) in [5.74, 6) is 4.54. The molecule has 158 valence electrons. The molecule has 1 aromatic carbocycles. The van der Waals surface area contributed by atoms with Crippen LogP contribution in [0.5, 0.6) is 5.75 Å². The molecule has 28 heavy (non-hydrogen) atoms. The summed E-state index contributed by atoms with van der Waals surface area (Å²) in [6.07, 6.45) is 17.7. The van der Waals surface area contributed by atoms with Gasteiger partial charge in [-0.25, -0.2) is 0 Å². The molecule has 3 rings (SSSR count). The molecule has 0 aromatic heterocycles. The van der Waals surface area contributed by atoms with Crippen molar-refractivity contribution < 1.29 is 9.84 Å². The molecule has 2 saturated carbocycles. The van der Waals surface area contributed by atoms with E-state index in [0.29, 0.717) is 5.92 Å². The molecule has 2 aliphatic carbocycles. The average molecular weight is 387 g/mol. The van der Waals surface area contributed by atoms with E-state index in [1.807, 2.05) is 24.3 Å². The van der Waals surface area contributed by atoms with Gasteiger partial charge < -0.3 is 9.84 Å². The molecule has 0 saturated heterocycles. The zero-order valence-electron chi connectivity index (χ0n) is 18.2. The van der Waals surface area contributed by atoms with Gasteiger partial charge in [0.2, 0.25) is 0 Å². The molecule has 2 heteroatoms. The van der Waals surface area contributed by atoms with Gasteiger partial charge in [-0.3, -0.25) is 0 Å². The Balaban J connectivity index is 1.36. The quantitative estimate of drug-likeness (QED) is 0.451. The van der Waals surface area contributed by atoms with Crippen molar-refractivity contribution in [2.24, 2.45) is 23.7 Å². The second-order valence-corrected chi connectivity index (χ2v) is 9.58. The fourth-order valence-electron chi connectivity index (χ4n) is 5.80. The minimum Gasteiger partial charge on any atom is -0.497 e. The molecule has 2 aliphatic rings. The van der Waals surface area contributed by atoms with Crippen LogP contribution in [0.25, 0.3) is 0 Å². The molecular weight excluding hydrogens is 344 g/mol. The van der Waals surface area contributed by atoms with Crippen molar-refractivity contribution in [1.29, 1.82) is 0 Å². The molecule has 1 atom stereocenters. The lowest BCUT2D eigenvalue weighted by Gasteiger charge is -2.38. The highest BCUT2D eigenvalue weighted by Crippen LogP contribution is 2.43. The molecule has 1 N–H and O–H groups in total. The van der Waals surface area contributed by atoms with Crippen LogP contribution in [-0.2, 0) is 0 Å². The van der Waals surface area contributed by atoms with E-state index < -0.39 is 0 Å². The highest BCUT2D eigenvalue weighted by molar-refractivity contribution is 5.28. The molecule has 0 bridgehead atoms. The highest BCUT2D eigenvalue weighted by atomic mass is 16.5. The molecule has 2 nitrogen and oxygen atoms in total. The third kappa shape index (κ3) is 6.24. The number of ether oxygens (including phenoxy) is 1. The van der Waals surface area contributed by atoms with Gasteiger partial charge in [0.25, 0.3) is 0 Å². The minimum atomic E-state index is -0.328. The maximum atomic E-state index is 10.6. The van der Waals surface area contributed by atoms with E-state index in [9.17, 15) is 5.11 Å². The first-order chi connectivity index (χ1) is 13.7. The molecule has 1 unspecified atom stereocenters. The molecule has 0 amide bonds. The summed E-state index contributed by atoms with van der Waals surface area (Å²) < 4.78 is 5.22. The Kier molecular flexibility index (Phi) is 8.70. The van der Waals surface area contributed by atoms with Crippen LogP contribution in [-0.4, -0.2) is 12.2 Å². The van der Waals surface area contributed by atoms with Crippen LogP contribution >= 0.6 is 0 Å². The number of rotatable bonds is 9. The average Bonchev–Trinajstić information content (AvgIpc) is 2.75. The lowest BCUT2D eigenvalue weighted by molar-refractivity contribution is 0.101. The zero-order chi connectivity index (χ0) is 19.8. The lowest BCUT2D eigenvalue weighted by atomic mass is 9.68. The van der Waals surface area contributed by atoms with Crippen molar-refractivity contribution >= 4 is 0 Å². The summed E-state index contributed by atoms with van der Waals surface area (Å²) in [6, 6.07) is 7.92. The van der Waals surface area contributed by atoms with Gasteiger partial charge >= 0.3 is 0 Å². The first-order valence-electron chi connectivity index (χ1n) is 12.0. The fourth-order valence-corrected chi connectivity index (χ4v) is 5.80. The van der Waals surface area contributed by atoms with Crippen molar-refractivity contribution in [2.75, 3.05) is 7.11 Å². The van der Waals surface area contributed by atoms with Crippen LogP contribution in [0, 0.1) is 23.7 Å². The smallest absolute Gasteiger partial charge is 0.118 e. The number of hydrogen-bond acceptors (Lipinski definition) is 2. The standard InChI is InChI=1S/C26H42O2/c1-3-4-5-6-20-7-11-22(12-8-20)23-13-9-21(10-14-23)19-26(27)24-15-17-25(28-2)18-16-24/h15-18,20-23,26-27H,3-14,19H2,1-2H3. The monoisotopic (exact) mass is 386 g/mol. The van der Waals surface area contributed by atoms with E-state index in [-0.39, 0.29) is 6.10 Å². The number of methoxy groups -OCH3 is 1.